The first-order valence-electron chi connectivity index (χ1n) is 9.66. The van der Waals surface area contributed by atoms with E-state index in [9.17, 15) is 14.0 Å². The van der Waals surface area contributed by atoms with Crippen LogP contribution in [0.15, 0.2) is 35.7 Å². The Labute approximate surface area is 171 Å². The van der Waals surface area contributed by atoms with Gasteiger partial charge < -0.3 is 9.80 Å². The summed E-state index contributed by atoms with van der Waals surface area (Å²) in [6, 6.07) is 8.18. The number of thiophene rings is 1. The fourth-order valence-corrected chi connectivity index (χ4v) is 3.86. The lowest BCUT2D eigenvalue weighted by Gasteiger charge is -2.30. The lowest BCUT2D eigenvalue weighted by molar-refractivity contribution is -0.142. The van der Waals surface area contributed by atoms with Crippen molar-refractivity contribution in [3.05, 3.63) is 57.5 Å². The standard InChI is InChI=1S/C22H29FN2O2S/c1-5-6-21(26)25(16(2)3)15-22(27)24(14-20-17(4)11-12-28-20)13-18-7-9-19(23)10-8-18/h7-12,16H,5-6,13-15H2,1-4H3. The van der Waals surface area contributed by atoms with Gasteiger partial charge in [-0.25, -0.2) is 4.39 Å². The monoisotopic (exact) mass is 404 g/mol. The highest BCUT2D eigenvalue weighted by Crippen LogP contribution is 2.20. The molecule has 0 aliphatic rings. The first-order valence-corrected chi connectivity index (χ1v) is 10.5. The molecule has 1 aromatic heterocycles. The van der Waals surface area contributed by atoms with Crippen LogP contribution in [0.1, 0.15) is 49.6 Å². The van der Waals surface area contributed by atoms with Crippen LogP contribution in [0.4, 0.5) is 4.39 Å². The molecule has 0 radical (unpaired) electrons. The molecule has 0 spiro atoms. The van der Waals surface area contributed by atoms with E-state index in [0.717, 1.165) is 22.4 Å². The van der Waals surface area contributed by atoms with Gasteiger partial charge in [-0.3, -0.25) is 9.59 Å². The molecule has 4 nitrogen and oxygen atoms in total. The first kappa shape index (κ1) is 22.1. The van der Waals surface area contributed by atoms with E-state index in [4.69, 9.17) is 0 Å². The molecule has 0 saturated heterocycles. The summed E-state index contributed by atoms with van der Waals surface area (Å²) in [4.78, 5) is 30.1. The first-order chi connectivity index (χ1) is 13.3. The quantitative estimate of drug-likeness (QED) is 0.604. The molecule has 0 fully saturated rings. The summed E-state index contributed by atoms with van der Waals surface area (Å²) in [6.45, 7) is 8.75. The van der Waals surface area contributed by atoms with E-state index in [0.29, 0.717) is 19.5 Å². The third-order valence-electron chi connectivity index (χ3n) is 4.66. The molecule has 6 heteroatoms. The van der Waals surface area contributed by atoms with Crippen LogP contribution in [0.3, 0.4) is 0 Å². The lowest BCUT2D eigenvalue weighted by Crippen LogP contribution is -2.45. The molecule has 1 heterocycles. The van der Waals surface area contributed by atoms with Crippen molar-refractivity contribution in [1.29, 1.82) is 0 Å². The van der Waals surface area contributed by atoms with Gasteiger partial charge in [0.25, 0.3) is 0 Å². The Hall–Kier alpha value is -2.21. The van der Waals surface area contributed by atoms with E-state index in [-0.39, 0.29) is 30.2 Å². The number of aryl methyl sites for hydroxylation is 1. The second kappa shape index (κ2) is 10.4. The zero-order chi connectivity index (χ0) is 20.7. The molecule has 0 saturated carbocycles. The molecule has 0 atom stereocenters. The summed E-state index contributed by atoms with van der Waals surface area (Å²) in [5.41, 5.74) is 2.00. The molecule has 0 N–H and O–H groups in total. The average molecular weight is 405 g/mol. The van der Waals surface area contributed by atoms with Gasteiger partial charge in [0.15, 0.2) is 0 Å². The minimum absolute atomic E-state index is 0.000105. The lowest BCUT2D eigenvalue weighted by atomic mass is 10.2. The number of carbonyl (C=O) groups is 2. The van der Waals surface area contributed by atoms with Crippen molar-refractivity contribution in [2.75, 3.05) is 6.54 Å². The number of nitrogens with zero attached hydrogens (tertiary/aromatic N) is 2. The van der Waals surface area contributed by atoms with Crippen LogP contribution >= 0.6 is 11.3 Å². The number of amides is 2. The number of rotatable bonds is 9. The maximum absolute atomic E-state index is 13.2. The van der Waals surface area contributed by atoms with Crippen molar-refractivity contribution in [1.82, 2.24) is 9.80 Å². The van der Waals surface area contributed by atoms with Crippen molar-refractivity contribution in [3.63, 3.8) is 0 Å². The fourth-order valence-electron chi connectivity index (χ4n) is 2.94. The van der Waals surface area contributed by atoms with Crippen LogP contribution in [0.25, 0.3) is 0 Å². The predicted molar refractivity (Wildman–Crippen MR) is 111 cm³/mol. The van der Waals surface area contributed by atoms with Crippen LogP contribution < -0.4 is 0 Å². The predicted octanol–water partition coefficient (Wildman–Crippen LogP) is 4.76. The number of hydrogen-bond acceptors (Lipinski definition) is 3. The van der Waals surface area contributed by atoms with Gasteiger partial charge in [0, 0.05) is 23.9 Å². The van der Waals surface area contributed by atoms with E-state index in [1.807, 2.05) is 39.1 Å². The summed E-state index contributed by atoms with van der Waals surface area (Å²) >= 11 is 1.61. The molecule has 2 aromatic rings. The molecule has 1 aromatic carbocycles. The Kier molecular flexibility index (Phi) is 8.18. The molecule has 0 aliphatic carbocycles. The van der Waals surface area contributed by atoms with Crippen molar-refractivity contribution in [3.8, 4) is 0 Å². The Morgan fingerprint density at radius 2 is 1.75 bits per heavy atom. The van der Waals surface area contributed by atoms with Gasteiger partial charge in [0.05, 0.1) is 13.1 Å². The Bertz CT molecular complexity index is 786. The van der Waals surface area contributed by atoms with E-state index in [2.05, 4.69) is 0 Å². The van der Waals surface area contributed by atoms with E-state index < -0.39 is 0 Å². The third kappa shape index (κ3) is 6.16. The molecule has 0 bridgehead atoms. The zero-order valence-corrected chi connectivity index (χ0v) is 17.9. The van der Waals surface area contributed by atoms with Gasteiger partial charge in [-0.2, -0.15) is 0 Å². The van der Waals surface area contributed by atoms with Gasteiger partial charge in [0.1, 0.15) is 5.82 Å². The highest BCUT2D eigenvalue weighted by atomic mass is 32.1. The van der Waals surface area contributed by atoms with Crippen molar-refractivity contribution < 1.29 is 14.0 Å². The molecule has 0 unspecified atom stereocenters. The van der Waals surface area contributed by atoms with Crippen molar-refractivity contribution in [2.24, 2.45) is 0 Å². The molecular weight excluding hydrogens is 375 g/mol. The maximum Gasteiger partial charge on any atom is 0.242 e. The number of carbonyl (C=O) groups excluding carboxylic acids is 2. The minimum atomic E-state index is -0.299. The maximum atomic E-state index is 13.2. The van der Waals surface area contributed by atoms with Crippen LogP contribution in [-0.4, -0.2) is 34.2 Å². The number of benzene rings is 1. The molecule has 0 aliphatic heterocycles. The van der Waals surface area contributed by atoms with Gasteiger partial charge in [0.2, 0.25) is 11.8 Å². The Balaban J connectivity index is 2.20. The normalized spacial score (nSPS) is 10.9. The molecule has 28 heavy (non-hydrogen) atoms. The van der Waals surface area contributed by atoms with Crippen LogP contribution in [0.5, 0.6) is 0 Å². The van der Waals surface area contributed by atoms with Crippen molar-refractivity contribution in [2.45, 2.75) is 59.7 Å². The smallest absolute Gasteiger partial charge is 0.242 e. The van der Waals surface area contributed by atoms with Crippen LogP contribution in [-0.2, 0) is 22.7 Å². The highest BCUT2D eigenvalue weighted by Gasteiger charge is 2.24. The molecule has 152 valence electrons. The van der Waals surface area contributed by atoms with Gasteiger partial charge in [-0.05, 0) is 61.9 Å². The van der Waals surface area contributed by atoms with Crippen LogP contribution in [0.2, 0.25) is 0 Å². The van der Waals surface area contributed by atoms with E-state index in [1.165, 1.54) is 12.1 Å². The minimum Gasteiger partial charge on any atom is -0.332 e. The van der Waals surface area contributed by atoms with Gasteiger partial charge in [-0.1, -0.05) is 19.1 Å². The highest BCUT2D eigenvalue weighted by molar-refractivity contribution is 7.10. The summed E-state index contributed by atoms with van der Waals surface area (Å²) in [6.07, 6.45) is 1.19. The average Bonchev–Trinajstić information content (AvgIpc) is 3.05. The SMILES string of the molecule is CCCC(=O)N(CC(=O)N(Cc1ccc(F)cc1)Cc1sccc1C)C(C)C. The fraction of sp³-hybridized carbons (Fsp3) is 0.455. The number of halogens is 1. The Morgan fingerprint density at radius 3 is 2.29 bits per heavy atom. The summed E-state index contributed by atoms with van der Waals surface area (Å²) < 4.78 is 13.2. The largest absolute Gasteiger partial charge is 0.332 e. The second-order valence-electron chi connectivity index (χ2n) is 7.27. The van der Waals surface area contributed by atoms with E-state index in [1.54, 1.807) is 33.3 Å². The van der Waals surface area contributed by atoms with Gasteiger partial charge in [-0.15, -0.1) is 11.3 Å². The molecular formula is C22H29FN2O2S. The summed E-state index contributed by atoms with van der Waals surface area (Å²) in [7, 11) is 0. The summed E-state index contributed by atoms with van der Waals surface area (Å²) in [5.74, 6) is -0.401. The Morgan fingerprint density at radius 1 is 1.07 bits per heavy atom. The molecule has 2 rings (SSSR count). The topological polar surface area (TPSA) is 40.6 Å². The number of hydrogen-bond donors (Lipinski definition) is 0. The summed E-state index contributed by atoms with van der Waals surface area (Å²) in [5, 5.41) is 2.01. The van der Waals surface area contributed by atoms with E-state index >= 15 is 0 Å². The second-order valence-corrected chi connectivity index (χ2v) is 8.27. The zero-order valence-electron chi connectivity index (χ0n) is 17.1. The van der Waals surface area contributed by atoms with Crippen molar-refractivity contribution >= 4 is 23.2 Å². The molecule has 2 amide bonds. The van der Waals surface area contributed by atoms with Gasteiger partial charge >= 0.3 is 0 Å². The van der Waals surface area contributed by atoms with Crippen LogP contribution in [0, 0.1) is 12.7 Å². The third-order valence-corrected chi connectivity index (χ3v) is 5.66.